The second-order valence-electron chi connectivity index (χ2n) is 4.10. The summed E-state index contributed by atoms with van der Waals surface area (Å²) in [5.74, 6) is -0.631. The predicted molar refractivity (Wildman–Crippen MR) is 69.0 cm³/mol. The Labute approximate surface area is 107 Å². The van der Waals surface area contributed by atoms with Crippen molar-refractivity contribution >= 4 is 33.1 Å². The summed E-state index contributed by atoms with van der Waals surface area (Å²) < 4.78 is 25.3. The Morgan fingerprint density at radius 3 is 2.47 bits per heavy atom. The van der Waals surface area contributed by atoms with E-state index in [4.69, 9.17) is 5.73 Å². The Morgan fingerprint density at radius 2 is 2.00 bits per heavy atom. The van der Waals surface area contributed by atoms with Gasteiger partial charge in [-0.25, -0.2) is 13.1 Å². The number of nitrogens with zero attached hydrogens (tertiary/aromatic N) is 1. The first kappa shape index (κ1) is 14.3. The first-order chi connectivity index (χ1) is 7.82. The van der Waals surface area contributed by atoms with E-state index in [-0.39, 0.29) is 10.9 Å². The van der Waals surface area contributed by atoms with Crippen LogP contribution in [-0.4, -0.2) is 49.1 Å². The van der Waals surface area contributed by atoms with Crippen LogP contribution in [0.1, 0.15) is 19.8 Å². The summed E-state index contributed by atoms with van der Waals surface area (Å²) >= 11 is 4.53. The van der Waals surface area contributed by atoms with Gasteiger partial charge in [0, 0.05) is 13.1 Å². The monoisotopic (exact) mass is 279 g/mol. The van der Waals surface area contributed by atoms with Crippen LogP contribution in [0, 0.1) is 0 Å². The molecule has 1 saturated heterocycles. The normalized spacial score (nSPS) is 18.1. The molecular weight excluding hydrogens is 262 g/mol. The molecule has 3 N–H and O–H groups in total. The maximum atomic E-state index is 11.8. The van der Waals surface area contributed by atoms with Gasteiger partial charge in [0.25, 0.3) is 0 Å². The van der Waals surface area contributed by atoms with Gasteiger partial charge in [0.1, 0.15) is 5.75 Å². The topological polar surface area (TPSA) is 92.5 Å². The zero-order valence-electron chi connectivity index (χ0n) is 9.68. The summed E-state index contributed by atoms with van der Waals surface area (Å²) in [6.45, 7) is 2.91. The van der Waals surface area contributed by atoms with Gasteiger partial charge >= 0.3 is 0 Å². The first-order valence-electron chi connectivity index (χ1n) is 5.39. The number of nitrogens with one attached hydrogen (secondary N) is 1. The molecule has 1 aliphatic heterocycles. The highest BCUT2D eigenvalue weighted by molar-refractivity contribution is 7.92. The highest BCUT2D eigenvalue weighted by atomic mass is 32.2. The van der Waals surface area contributed by atoms with Gasteiger partial charge in [-0.05, 0) is 19.8 Å². The van der Waals surface area contributed by atoms with Crippen molar-refractivity contribution in [3.8, 4) is 0 Å². The summed E-state index contributed by atoms with van der Waals surface area (Å²) in [5.41, 5.74) is 5.17. The van der Waals surface area contributed by atoms with Gasteiger partial charge in [-0.2, -0.15) is 0 Å². The molecule has 0 bridgehead atoms. The smallest absolute Gasteiger partial charge is 0.240 e. The van der Waals surface area contributed by atoms with E-state index in [0.29, 0.717) is 13.1 Å². The number of carbonyl (C=O) groups is 1. The van der Waals surface area contributed by atoms with Gasteiger partial charge < -0.3 is 10.6 Å². The van der Waals surface area contributed by atoms with E-state index in [1.165, 1.54) is 6.92 Å². The van der Waals surface area contributed by atoms with Gasteiger partial charge in [0.2, 0.25) is 15.9 Å². The molecule has 17 heavy (non-hydrogen) atoms. The van der Waals surface area contributed by atoms with E-state index in [2.05, 4.69) is 16.9 Å². The summed E-state index contributed by atoms with van der Waals surface area (Å²) in [6.07, 6.45) is 1.94. The summed E-state index contributed by atoms with van der Waals surface area (Å²) in [7, 11) is -3.62. The number of nitrogens with two attached hydrogens (primary N) is 1. The van der Waals surface area contributed by atoms with Gasteiger partial charge in [-0.15, -0.1) is 0 Å². The van der Waals surface area contributed by atoms with Gasteiger partial charge in [-0.3, -0.25) is 4.79 Å². The van der Waals surface area contributed by atoms with Crippen LogP contribution in [0.2, 0.25) is 0 Å². The Kier molecular flexibility index (Phi) is 4.84. The third kappa shape index (κ3) is 4.57. The van der Waals surface area contributed by atoms with Gasteiger partial charge in [0.15, 0.2) is 0 Å². The molecule has 0 radical (unpaired) electrons. The van der Waals surface area contributed by atoms with Crippen molar-refractivity contribution in [2.24, 2.45) is 5.73 Å². The molecule has 1 amide bonds. The molecule has 0 spiro atoms. The van der Waals surface area contributed by atoms with Gasteiger partial charge in [-0.1, -0.05) is 12.2 Å². The fourth-order valence-corrected chi connectivity index (χ4v) is 3.32. The number of sulfonamides is 1. The maximum absolute atomic E-state index is 11.8. The van der Waals surface area contributed by atoms with E-state index in [1.807, 2.05) is 0 Å². The second kappa shape index (κ2) is 5.74. The highest BCUT2D eigenvalue weighted by Gasteiger charge is 2.26. The molecule has 1 heterocycles. The Morgan fingerprint density at radius 1 is 1.47 bits per heavy atom. The lowest BCUT2D eigenvalue weighted by Crippen LogP contribution is -2.47. The number of hydrogen-bond donors (Lipinski definition) is 2. The lowest BCUT2D eigenvalue weighted by Gasteiger charge is -2.20. The molecule has 8 heteroatoms. The highest BCUT2D eigenvalue weighted by Crippen LogP contribution is 2.09. The quantitative estimate of drug-likeness (QED) is 0.643. The largest absolute Gasteiger partial charge is 0.392 e. The minimum absolute atomic E-state index is 0.113. The van der Waals surface area contributed by atoms with E-state index in [0.717, 1.165) is 12.8 Å². The molecule has 1 rings (SSSR count). The third-order valence-corrected chi connectivity index (χ3v) is 4.21. The van der Waals surface area contributed by atoms with Crippen LogP contribution >= 0.6 is 12.2 Å². The molecular formula is C9H17N3O3S2. The number of amides is 1. The molecule has 0 aliphatic carbocycles. The van der Waals surface area contributed by atoms with Crippen molar-refractivity contribution in [3.63, 3.8) is 0 Å². The first-order valence-corrected chi connectivity index (χ1v) is 7.45. The summed E-state index contributed by atoms with van der Waals surface area (Å²) in [4.78, 5) is 13.4. The van der Waals surface area contributed by atoms with Gasteiger partial charge in [0.05, 0.1) is 11.0 Å². The average Bonchev–Trinajstić information content (AvgIpc) is 2.65. The Bertz CT molecular complexity index is 402. The van der Waals surface area contributed by atoms with E-state index >= 15 is 0 Å². The van der Waals surface area contributed by atoms with Crippen molar-refractivity contribution in [2.45, 2.75) is 25.8 Å². The fraction of sp³-hybridized carbons (Fsp3) is 0.778. The Balaban J connectivity index is 2.56. The van der Waals surface area contributed by atoms with Crippen molar-refractivity contribution in [2.75, 3.05) is 18.8 Å². The standard InChI is InChI=1S/C9H17N3O3S2/c1-7(9(13)12-4-2-3-5-12)11-17(14,15)6-8(10)16/h7,11H,2-6H2,1H3,(H2,10,16). The van der Waals surface area contributed by atoms with E-state index in [1.54, 1.807) is 4.90 Å². The molecule has 0 saturated carbocycles. The van der Waals surface area contributed by atoms with Crippen LogP contribution in [-0.2, 0) is 14.8 Å². The maximum Gasteiger partial charge on any atom is 0.240 e. The molecule has 1 atom stereocenters. The van der Waals surface area contributed by atoms with E-state index in [9.17, 15) is 13.2 Å². The lowest BCUT2D eigenvalue weighted by molar-refractivity contribution is -0.131. The number of thiocarbonyl (C=S) groups is 1. The summed E-state index contributed by atoms with van der Waals surface area (Å²) in [5, 5.41) is 0. The zero-order valence-corrected chi connectivity index (χ0v) is 11.3. The minimum atomic E-state index is -3.62. The third-order valence-electron chi connectivity index (χ3n) is 2.48. The minimum Gasteiger partial charge on any atom is -0.392 e. The molecule has 6 nitrogen and oxygen atoms in total. The second-order valence-corrected chi connectivity index (χ2v) is 6.38. The molecule has 1 fully saturated rings. The number of rotatable bonds is 5. The molecule has 1 unspecified atom stereocenters. The average molecular weight is 279 g/mol. The van der Waals surface area contributed by atoms with Crippen LogP contribution in [0.5, 0.6) is 0 Å². The number of carbonyl (C=O) groups excluding carboxylic acids is 1. The van der Waals surface area contributed by atoms with Crippen molar-refractivity contribution in [3.05, 3.63) is 0 Å². The lowest BCUT2D eigenvalue weighted by atomic mass is 10.3. The van der Waals surface area contributed by atoms with Crippen molar-refractivity contribution in [1.82, 2.24) is 9.62 Å². The van der Waals surface area contributed by atoms with Crippen molar-refractivity contribution < 1.29 is 13.2 Å². The van der Waals surface area contributed by atoms with Crippen LogP contribution < -0.4 is 10.5 Å². The van der Waals surface area contributed by atoms with Crippen LogP contribution in [0.15, 0.2) is 0 Å². The SMILES string of the molecule is CC(NS(=O)(=O)CC(N)=S)C(=O)N1CCCC1. The van der Waals surface area contributed by atoms with E-state index < -0.39 is 21.8 Å². The molecule has 0 aromatic carbocycles. The molecule has 0 aromatic heterocycles. The molecule has 98 valence electrons. The predicted octanol–water partition coefficient (Wildman–Crippen LogP) is -0.797. The molecule has 0 aromatic rings. The fourth-order valence-electron chi connectivity index (χ4n) is 1.76. The number of likely N-dealkylation sites (tertiary alicyclic amines) is 1. The zero-order chi connectivity index (χ0) is 13.1. The van der Waals surface area contributed by atoms with Crippen LogP contribution in [0.25, 0.3) is 0 Å². The van der Waals surface area contributed by atoms with Crippen molar-refractivity contribution in [1.29, 1.82) is 0 Å². The number of hydrogen-bond acceptors (Lipinski definition) is 4. The van der Waals surface area contributed by atoms with Crippen LogP contribution in [0.4, 0.5) is 0 Å². The van der Waals surface area contributed by atoms with Crippen LogP contribution in [0.3, 0.4) is 0 Å². The summed E-state index contributed by atoms with van der Waals surface area (Å²) in [6, 6.07) is -0.771. The molecule has 1 aliphatic rings. The Hall–Kier alpha value is -0.730.